The summed E-state index contributed by atoms with van der Waals surface area (Å²) in [6.45, 7) is 5.81. The van der Waals surface area contributed by atoms with Crippen molar-refractivity contribution in [1.29, 1.82) is 0 Å². The molecule has 1 heterocycles. The predicted molar refractivity (Wildman–Crippen MR) is 97.6 cm³/mol. The summed E-state index contributed by atoms with van der Waals surface area (Å²) in [6, 6.07) is -0.887. The minimum absolute atomic E-state index is 0.104. The van der Waals surface area contributed by atoms with E-state index in [-0.39, 0.29) is 18.4 Å². The Hall–Kier alpha value is -1.52. The van der Waals surface area contributed by atoms with Gasteiger partial charge in [0.25, 0.3) is 5.91 Å². The summed E-state index contributed by atoms with van der Waals surface area (Å²) >= 11 is 0. The molecule has 0 radical (unpaired) electrons. The van der Waals surface area contributed by atoms with E-state index in [1.54, 1.807) is 6.08 Å². The molecule has 6 atom stereocenters. The first kappa shape index (κ1) is 23.5. The summed E-state index contributed by atoms with van der Waals surface area (Å²) in [5.41, 5.74) is -0.235. The van der Waals surface area contributed by atoms with E-state index in [0.29, 0.717) is 6.42 Å². The lowest BCUT2D eigenvalue weighted by Crippen LogP contribution is -2.55. The van der Waals surface area contributed by atoms with Gasteiger partial charge in [0.05, 0.1) is 6.10 Å². The van der Waals surface area contributed by atoms with Gasteiger partial charge in [0.2, 0.25) is 5.91 Å². The molecule has 1 fully saturated rings. The van der Waals surface area contributed by atoms with Crippen molar-refractivity contribution in [3.05, 3.63) is 12.2 Å². The zero-order valence-corrected chi connectivity index (χ0v) is 16.3. The fourth-order valence-electron chi connectivity index (χ4n) is 2.61. The Bertz CT molecular complexity index is 532. The maximum atomic E-state index is 12.4. The highest BCUT2D eigenvalue weighted by molar-refractivity contribution is 5.89. The van der Waals surface area contributed by atoms with Gasteiger partial charge >= 0.3 is 0 Å². The Morgan fingerprint density at radius 3 is 2.44 bits per heavy atom. The molecule has 0 aromatic heterocycles. The van der Waals surface area contributed by atoms with Crippen molar-refractivity contribution in [2.75, 3.05) is 13.7 Å². The van der Waals surface area contributed by atoms with E-state index in [1.807, 2.05) is 20.8 Å². The van der Waals surface area contributed by atoms with Crippen molar-refractivity contribution < 1.29 is 34.8 Å². The SMILES string of the molecule is CO[C@@H](C(=O)N[C@@H]1CC[C@H](O)CNC1=O)[C@H](O)[C@@H](O)[C@H](O)/C=C/C(C)(C)C. The molecule has 1 rings (SSSR count). The number of allylic oxidation sites excluding steroid dienone is 1. The molecular formula is C18H32N2O7. The Balaban J connectivity index is 2.75. The second-order valence-corrected chi connectivity index (χ2v) is 7.89. The number of amides is 2. The standard InChI is InChI=1S/C18H32N2O7/c1-18(2,3)8-7-12(22)13(23)14(24)15(27-4)17(26)20-11-6-5-10(21)9-19-16(11)25/h7-8,10-15,21-24H,5-6,9H2,1-4H3,(H,19,25)(H,20,26)/b8-7+/t10-,11+,12+,13-,14+,15+/m0/s1. The van der Waals surface area contributed by atoms with Gasteiger partial charge < -0.3 is 35.8 Å². The van der Waals surface area contributed by atoms with Crippen molar-refractivity contribution in [2.24, 2.45) is 5.41 Å². The fourth-order valence-corrected chi connectivity index (χ4v) is 2.61. The number of aliphatic hydroxyl groups is 4. The molecule has 9 nitrogen and oxygen atoms in total. The number of carbonyl (C=O) groups is 2. The minimum atomic E-state index is -1.71. The van der Waals surface area contributed by atoms with E-state index in [1.165, 1.54) is 13.2 Å². The second kappa shape index (κ2) is 10.1. The largest absolute Gasteiger partial charge is 0.391 e. The average Bonchev–Trinajstić information content (AvgIpc) is 2.74. The topological polar surface area (TPSA) is 148 Å². The van der Waals surface area contributed by atoms with Crippen LogP contribution in [0, 0.1) is 5.41 Å². The van der Waals surface area contributed by atoms with Gasteiger partial charge in [-0.05, 0) is 18.3 Å². The number of rotatable bonds is 7. The van der Waals surface area contributed by atoms with Crippen LogP contribution < -0.4 is 10.6 Å². The van der Waals surface area contributed by atoms with Gasteiger partial charge in [0, 0.05) is 13.7 Å². The van der Waals surface area contributed by atoms with Gasteiger partial charge in [-0.2, -0.15) is 0 Å². The maximum Gasteiger partial charge on any atom is 0.252 e. The molecule has 9 heteroatoms. The monoisotopic (exact) mass is 388 g/mol. The van der Waals surface area contributed by atoms with Crippen LogP contribution in [0.3, 0.4) is 0 Å². The summed E-state index contributed by atoms with van der Waals surface area (Å²) in [6.07, 6.45) is -3.38. The molecule has 0 aromatic carbocycles. The van der Waals surface area contributed by atoms with Crippen molar-refractivity contribution >= 4 is 11.8 Å². The Morgan fingerprint density at radius 2 is 1.89 bits per heavy atom. The van der Waals surface area contributed by atoms with E-state index < -0.39 is 48.4 Å². The molecule has 0 aliphatic carbocycles. The van der Waals surface area contributed by atoms with Crippen LogP contribution in [0.1, 0.15) is 33.6 Å². The normalized spacial score (nSPS) is 26.0. The van der Waals surface area contributed by atoms with Gasteiger partial charge in [-0.15, -0.1) is 0 Å². The predicted octanol–water partition coefficient (Wildman–Crippen LogP) is -1.56. The molecule has 0 unspecified atom stereocenters. The fraction of sp³-hybridized carbons (Fsp3) is 0.778. The zero-order chi connectivity index (χ0) is 20.8. The van der Waals surface area contributed by atoms with Crippen molar-refractivity contribution in [3.8, 4) is 0 Å². The third-order valence-corrected chi connectivity index (χ3v) is 4.25. The Morgan fingerprint density at radius 1 is 1.26 bits per heavy atom. The van der Waals surface area contributed by atoms with E-state index in [9.17, 15) is 30.0 Å². The summed E-state index contributed by atoms with van der Waals surface area (Å²) in [5.74, 6) is -1.24. The third-order valence-electron chi connectivity index (χ3n) is 4.25. The molecule has 0 spiro atoms. The number of ether oxygens (including phenoxy) is 1. The highest BCUT2D eigenvalue weighted by Crippen LogP contribution is 2.17. The van der Waals surface area contributed by atoms with Crippen LogP contribution in [0.5, 0.6) is 0 Å². The number of carbonyl (C=O) groups excluding carboxylic acids is 2. The molecule has 0 saturated carbocycles. The lowest BCUT2D eigenvalue weighted by atomic mass is 9.94. The highest BCUT2D eigenvalue weighted by atomic mass is 16.5. The van der Waals surface area contributed by atoms with Crippen LogP contribution in [0.2, 0.25) is 0 Å². The van der Waals surface area contributed by atoms with E-state index in [4.69, 9.17) is 4.74 Å². The smallest absolute Gasteiger partial charge is 0.252 e. The maximum absolute atomic E-state index is 12.4. The lowest BCUT2D eigenvalue weighted by Gasteiger charge is -2.28. The first-order valence-corrected chi connectivity index (χ1v) is 8.98. The summed E-state index contributed by atoms with van der Waals surface area (Å²) in [4.78, 5) is 24.4. The van der Waals surface area contributed by atoms with Crippen LogP contribution in [-0.4, -0.2) is 82.5 Å². The number of β-amino-alcohol motifs (C(OH)–C–C–N with tert-alkyl or cyclic N) is 1. The number of hydrogen-bond acceptors (Lipinski definition) is 7. The Kier molecular flexibility index (Phi) is 8.83. The summed E-state index contributed by atoms with van der Waals surface area (Å²) in [5, 5.41) is 45.0. The molecule has 27 heavy (non-hydrogen) atoms. The van der Waals surface area contributed by atoms with Gasteiger partial charge in [0.15, 0.2) is 6.10 Å². The van der Waals surface area contributed by atoms with Crippen LogP contribution in [0.15, 0.2) is 12.2 Å². The number of nitrogens with one attached hydrogen (secondary N) is 2. The third kappa shape index (κ3) is 7.55. The number of hydrogen-bond donors (Lipinski definition) is 6. The van der Waals surface area contributed by atoms with E-state index in [0.717, 1.165) is 0 Å². The van der Waals surface area contributed by atoms with Crippen LogP contribution in [0.4, 0.5) is 0 Å². The van der Waals surface area contributed by atoms with Crippen molar-refractivity contribution in [2.45, 2.75) is 70.2 Å². The first-order valence-electron chi connectivity index (χ1n) is 8.98. The minimum Gasteiger partial charge on any atom is -0.391 e. The molecule has 1 aliphatic rings. The first-order chi connectivity index (χ1) is 12.5. The lowest BCUT2D eigenvalue weighted by molar-refractivity contribution is -0.150. The summed E-state index contributed by atoms with van der Waals surface area (Å²) in [7, 11) is 1.18. The van der Waals surface area contributed by atoms with Gasteiger partial charge in [0.1, 0.15) is 24.4 Å². The molecule has 1 aliphatic heterocycles. The van der Waals surface area contributed by atoms with Gasteiger partial charge in [-0.1, -0.05) is 32.9 Å². The molecular weight excluding hydrogens is 356 g/mol. The molecule has 6 N–H and O–H groups in total. The van der Waals surface area contributed by atoms with Gasteiger partial charge in [-0.3, -0.25) is 9.59 Å². The Labute approximate surface area is 159 Å². The molecule has 2 amide bonds. The number of methoxy groups -OCH3 is 1. The molecule has 156 valence electrons. The van der Waals surface area contributed by atoms with Crippen molar-refractivity contribution in [3.63, 3.8) is 0 Å². The molecule has 0 aromatic rings. The zero-order valence-electron chi connectivity index (χ0n) is 16.3. The highest BCUT2D eigenvalue weighted by Gasteiger charge is 2.37. The van der Waals surface area contributed by atoms with Gasteiger partial charge in [-0.25, -0.2) is 0 Å². The number of aliphatic hydroxyl groups excluding tert-OH is 4. The average molecular weight is 388 g/mol. The van der Waals surface area contributed by atoms with Crippen LogP contribution >= 0.6 is 0 Å². The molecule has 0 bridgehead atoms. The van der Waals surface area contributed by atoms with Crippen LogP contribution in [0.25, 0.3) is 0 Å². The summed E-state index contributed by atoms with van der Waals surface area (Å²) < 4.78 is 4.98. The molecule has 1 saturated heterocycles. The van der Waals surface area contributed by atoms with E-state index >= 15 is 0 Å². The van der Waals surface area contributed by atoms with E-state index in [2.05, 4.69) is 10.6 Å². The van der Waals surface area contributed by atoms with Crippen molar-refractivity contribution in [1.82, 2.24) is 10.6 Å². The second-order valence-electron chi connectivity index (χ2n) is 7.89. The quantitative estimate of drug-likeness (QED) is 0.289. The van der Waals surface area contributed by atoms with Crippen LogP contribution in [-0.2, 0) is 14.3 Å².